The molecule has 1 aromatic heterocycles. The first-order valence-corrected chi connectivity index (χ1v) is 6.94. The molecule has 1 aromatic rings. The summed E-state index contributed by atoms with van der Waals surface area (Å²) in [6.45, 7) is 13.7. The van der Waals surface area contributed by atoms with Gasteiger partial charge in [-0.2, -0.15) is 0 Å². The van der Waals surface area contributed by atoms with Gasteiger partial charge in [-0.25, -0.2) is 0 Å². The van der Waals surface area contributed by atoms with Crippen molar-refractivity contribution in [2.75, 3.05) is 19.6 Å². The van der Waals surface area contributed by atoms with Crippen LogP contribution in [-0.2, 0) is 0 Å². The third kappa shape index (κ3) is 4.46. The summed E-state index contributed by atoms with van der Waals surface area (Å²) in [5, 5.41) is 0. The standard InChI is InChI=1S/C15H28N2O/c1-11(2)9-17(10-12(3)4)14(8-16)15-7-6-13(5)18-15/h6-7,11-12,14H,8-10,16H2,1-5H3. The number of hydrogen-bond acceptors (Lipinski definition) is 3. The molecule has 0 aliphatic heterocycles. The van der Waals surface area contributed by atoms with Crippen LogP contribution < -0.4 is 5.73 Å². The quantitative estimate of drug-likeness (QED) is 0.810. The summed E-state index contributed by atoms with van der Waals surface area (Å²) in [7, 11) is 0. The van der Waals surface area contributed by atoms with Crippen molar-refractivity contribution in [1.29, 1.82) is 0 Å². The molecule has 0 fully saturated rings. The van der Waals surface area contributed by atoms with Gasteiger partial charge < -0.3 is 10.2 Å². The molecule has 0 saturated heterocycles. The monoisotopic (exact) mass is 252 g/mol. The van der Waals surface area contributed by atoms with Crippen LogP contribution in [0.5, 0.6) is 0 Å². The molecule has 18 heavy (non-hydrogen) atoms. The van der Waals surface area contributed by atoms with E-state index in [1.165, 1.54) is 0 Å². The van der Waals surface area contributed by atoms with Crippen LogP contribution in [0.25, 0.3) is 0 Å². The largest absolute Gasteiger partial charge is 0.465 e. The van der Waals surface area contributed by atoms with Gasteiger partial charge in [0, 0.05) is 19.6 Å². The zero-order valence-corrected chi connectivity index (χ0v) is 12.4. The van der Waals surface area contributed by atoms with Crippen molar-refractivity contribution in [3.05, 3.63) is 23.7 Å². The Labute approximate surface area is 111 Å². The van der Waals surface area contributed by atoms with Crippen molar-refractivity contribution < 1.29 is 4.42 Å². The fourth-order valence-corrected chi connectivity index (χ4v) is 2.34. The van der Waals surface area contributed by atoms with E-state index in [9.17, 15) is 0 Å². The highest BCUT2D eigenvalue weighted by Gasteiger charge is 2.23. The van der Waals surface area contributed by atoms with Crippen molar-refractivity contribution in [2.45, 2.75) is 40.7 Å². The van der Waals surface area contributed by atoms with E-state index in [1.807, 2.05) is 13.0 Å². The van der Waals surface area contributed by atoms with E-state index in [-0.39, 0.29) is 6.04 Å². The lowest BCUT2D eigenvalue weighted by molar-refractivity contribution is 0.142. The number of hydrogen-bond donors (Lipinski definition) is 1. The first-order chi connectivity index (χ1) is 8.43. The van der Waals surface area contributed by atoms with Gasteiger partial charge in [-0.3, -0.25) is 4.90 Å². The lowest BCUT2D eigenvalue weighted by Gasteiger charge is -2.32. The maximum atomic E-state index is 5.96. The molecule has 0 bridgehead atoms. The van der Waals surface area contributed by atoms with Gasteiger partial charge in [0.25, 0.3) is 0 Å². The lowest BCUT2D eigenvalue weighted by Crippen LogP contribution is -2.38. The fraction of sp³-hybridized carbons (Fsp3) is 0.733. The van der Waals surface area contributed by atoms with Gasteiger partial charge in [0.2, 0.25) is 0 Å². The van der Waals surface area contributed by atoms with Gasteiger partial charge in [0.1, 0.15) is 11.5 Å². The summed E-state index contributed by atoms with van der Waals surface area (Å²) in [4.78, 5) is 2.45. The number of nitrogens with zero attached hydrogens (tertiary/aromatic N) is 1. The zero-order valence-electron chi connectivity index (χ0n) is 12.4. The molecular formula is C15H28N2O. The van der Waals surface area contributed by atoms with Crippen LogP contribution in [0.4, 0.5) is 0 Å². The van der Waals surface area contributed by atoms with Crippen molar-refractivity contribution in [1.82, 2.24) is 4.90 Å². The smallest absolute Gasteiger partial charge is 0.122 e. The summed E-state index contributed by atoms with van der Waals surface area (Å²) in [5.74, 6) is 3.22. The first-order valence-electron chi connectivity index (χ1n) is 6.94. The molecule has 0 saturated carbocycles. The predicted molar refractivity (Wildman–Crippen MR) is 76.5 cm³/mol. The Morgan fingerprint density at radius 1 is 1.11 bits per heavy atom. The molecule has 3 nitrogen and oxygen atoms in total. The highest BCUT2D eigenvalue weighted by atomic mass is 16.3. The van der Waals surface area contributed by atoms with E-state index in [4.69, 9.17) is 10.2 Å². The third-order valence-electron chi connectivity index (χ3n) is 2.95. The SMILES string of the molecule is Cc1ccc(C(CN)N(CC(C)C)CC(C)C)o1. The summed E-state index contributed by atoms with van der Waals surface area (Å²) >= 11 is 0. The van der Waals surface area contributed by atoms with Crippen molar-refractivity contribution >= 4 is 0 Å². The molecule has 1 rings (SSSR count). The Bertz CT molecular complexity index is 334. The molecule has 0 aliphatic rings. The Morgan fingerprint density at radius 2 is 1.67 bits per heavy atom. The molecule has 0 spiro atoms. The molecule has 1 atom stereocenters. The lowest BCUT2D eigenvalue weighted by atomic mass is 10.1. The molecule has 3 heteroatoms. The van der Waals surface area contributed by atoms with E-state index in [1.54, 1.807) is 0 Å². The zero-order chi connectivity index (χ0) is 13.7. The number of furan rings is 1. The highest BCUT2D eigenvalue weighted by Crippen LogP contribution is 2.24. The Hall–Kier alpha value is -0.800. The molecule has 1 unspecified atom stereocenters. The van der Waals surface area contributed by atoms with Gasteiger partial charge in [-0.05, 0) is 30.9 Å². The van der Waals surface area contributed by atoms with E-state index in [0.29, 0.717) is 18.4 Å². The van der Waals surface area contributed by atoms with Crippen molar-refractivity contribution in [3.63, 3.8) is 0 Å². The number of aryl methyl sites for hydroxylation is 1. The maximum absolute atomic E-state index is 5.96. The Morgan fingerprint density at radius 3 is 2.00 bits per heavy atom. The van der Waals surface area contributed by atoms with Crippen LogP contribution in [0.1, 0.15) is 45.3 Å². The Kier molecular flexibility index (Phi) is 5.89. The van der Waals surface area contributed by atoms with Crippen LogP contribution in [0, 0.1) is 18.8 Å². The van der Waals surface area contributed by atoms with Gasteiger partial charge >= 0.3 is 0 Å². The van der Waals surface area contributed by atoms with Crippen molar-refractivity contribution in [3.8, 4) is 0 Å². The average Bonchev–Trinajstić information content (AvgIpc) is 2.64. The highest BCUT2D eigenvalue weighted by molar-refractivity contribution is 5.10. The normalized spacial score (nSPS) is 13.8. The second kappa shape index (κ2) is 6.95. The molecule has 1 heterocycles. The third-order valence-corrected chi connectivity index (χ3v) is 2.95. The minimum absolute atomic E-state index is 0.198. The summed E-state index contributed by atoms with van der Waals surface area (Å²) in [6, 6.07) is 4.27. The molecule has 0 aliphatic carbocycles. The summed E-state index contributed by atoms with van der Waals surface area (Å²) in [5.41, 5.74) is 5.96. The topological polar surface area (TPSA) is 42.4 Å². The fourth-order valence-electron chi connectivity index (χ4n) is 2.34. The van der Waals surface area contributed by atoms with Crippen LogP contribution in [0.15, 0.2) is 16.5 Å². The predicted octanol–water partition coefficient (Wildman–Crippen LogP) is 3.20. The molecular weight excluding hydrogens is 224 g/mol. The van der Waals surface area contributed by atoms with E-state index in [0.717, 1.165) is 24.6 Å². The van der Waals surface area contributed by atoms with Crippen LogP contribution in [0.2, 0.25) is 0 Å². The van der Waals surface area contributed by atoms with Crippen LogP contribution >= 0.6 is 0 Å². The molecule has 2 N–H and O–H groups in total. The minimum Gasteiger partial charge on any atom is -0.465 e. The molecule has 0 amide bonds. The second-order valence-corrected chi connectivity index (χ2v) is 5.94. The summed E-state index contributed by atoms with van der Waals surface area (Å²) in [6.07, 6.45) is 0. The molecule has 104 valence electrons. The summed E-state index contributed by atoms with van der Waals surface area (Å²) < 4.78 is 5.76. The van der Waals surface area contributed by atoms with Gasteiger partial charge in [0.15, 0.2) is 0 Å². The average molecular weight is 252 g/mol. The van der Waals surface area contributed by atoms with Gasteiger partial charge in [-0.1, -0.05) is 27.7 Å². The molecule has 0 radical (unpaired) electrons. The number of nitrogens with two attached hydrogens (primary N) is 1. The van der Waals surface area contributed by atoms with Crippen LogP contribution in [-0.4, -0.2) is 24.5 Å². The van der Waals surface area contributed by atoms with Crippen molar-refractivity contribution in [2.24, 2.45) is 17.6 Å². The van der Waals surface area contributed by atoms with E-state index in [2.05, 4.69) is 38.7 Å². The maximum Gasteiger partial charge on any atom is 0.122 e. The van der Waals surface area contributed by atoms with Gasteiger partial charge in [-0.15, -0.1) is 0 Å². The Balaban J connectivity index is 2.85. The van der Waals surface area contributed by atoms with E-state index >= 15 is 0 Å². The van der Waals surface area contributed by atoms with Crippen LogP contribution in [0.3, 0.4) is 0 Å². The van der Waals surface area contributed by atoms with E-state index < -0.39 is 0 Å². The molecule has 0 aromatic carbocycles. The second-order valence-electron chi connectivity index (χ2n) is 5.94. The first kappa shape index (κ1) is 15.3. The minimum atomic E-state index is 0.198. The van der Waals surface area contributed by atoms with Gasteiger partial charge in [0.05, 0.1) is 6.04 Å². The number of rotatable bonds is 7.